The van der Waals surface area contributed by atoms with E-state index in [0.29, 0.717) is 0 Å². The SMILES string of the molecule is CCOP(=O)(OCC)C1c2ccccc2C=CN1C(C)=O. The monoisotopic (exact) mass is 309 g/mol. The van der Waals surface area contributed by atoms with Crippen molar-refractivity contribution < 1.29 is 18.4 Å². The van der Waals surface area contributed by atoms with E-state index >= 15 is 0 Å². The average molecular weight is 309 g/mol. The van der Waals surface area contributed by atoms with Crippen LogP contribution < -0.4 is 0 Å². The molecule has 1 aliphatic rings. The fraction of sp³-hybridized carbons (Fsp3) is 0.400. The predicted molar refractivity (Wildman–Crippen MR) is 81.6 cm³/mol. The first-order valence-corrected chi connectivity index (χ1v) is 8.59. The molecule has 21 heavy (non-hydrogen) atoms. The molecule has 0 radical (unpaired) electrons. The van der Waals surface area contributed by atoms with Gasteiger partial charge in [0.1, 0.15) is 0 Å². The number of benzene rings is 1. The van der Waals surface area contributed by atoms with E-state index in [-0.39, 0.29) is 19.1 Å². The van der Waals surface area contributed by atoms with Crippen LogP contribution in [0.3, 0.4) is 0 Å². The van der Waals surface area contributed by atoms with Gasteiger partial charge in [0, 0.05) is 13.1 Å². The summed E-state index contributed by atoms with van der Waals surface area (Å²) in [5, 5.41) is 0. The number of carbonyl (C=O) groups is 1. The van der Waals surface area contributed by atoms with E-state index in [9.17, 15) is 9.36 Å². The summed E-state index contributed by atoms with van der Waals surface area (Å²) in [6, 6.07) is 7.52. The molecule has 1 aromatic carbocycles. The van der Waals surface area contributed by atoms with E-state index in [4.69, 9.17) is 9.05 Å². The first kappa shape index (κ1) is 16.0. The van der Waals surface area contributed by atoms with Crippen molar-refractivity contribution in [2.75, 3.05) is 13.2 Å². The molecule has 0 bridgehead atoms. The van der Waals surface area contributed by atoms with E-state index in [2.05, 4.69) is 0 Å². The van der Waals surface area contributed by atoms with Crippen molar-refractivity contribution in [3.05, 3.63) is 41.6 Å². The maximum atomic E-state index is 13.2. The Labute approximate surface area is 125 Å². The van der Waals surface area contributed by atoms with Gasteiger partial charge in [-0.15, -0.1) is 0 Å². The van der Waals surface area contributed by atoms with Crippen LogP contribution in [-0.4, -0.2) is 24.0 Å². The van der Waals surface area contributed by atoms with E-state index in [1.165, 1.54) is 11.8 Å². The maximum Gasteiger partial charge on any atom is 0.357 e. The number of fused-ring (bicyclic) bond motifs is 1. The Hall–Kier alpha value is -1.42. The van der Waals surface area contributed by atoms with Gasteiger partial charge in [0.05, 0.1) is 13.2 Å². The molecule has 1 aliphatic heterocycles. The van der Waals surface area contributed by atoms with Crippen LogP contribution in [0.25, 0.3) is 6.08 Å². The fourth-order valence-electron chi connectivity index (χ4n) is 2.43. The quantitative estimate of drug-likeness (QED) is 0.777. The lowest BCUT2D eigenvalue weighted by Gasteiger charge is -2.36. The minimum absolute atomic E-state index is 0.203. The van der Waals surface area contributed by atoms with Gasteiger partial charge in [0.15, 0.2) is 5.78 Å². The van der Waals surface area contributed by atoms with Crippen molar-refractivity contribution in [3.8, 4) is 0 Å². The van der Waals surface area contributed by atoms with Crippen LogP contribution in [0, 0.1) is 0 Å². The van der Waals surface area contributed by atoms with Crippen LogP contribution in [0.4, 0.5) is 0 Å². The molecule has 1 atom stereocenters. The van der Waals surface area contributed by atoms with Gasteiger partial charge in [-0.1, -0.05) is 24.3 Å². The maximum absolute atomic E-state index is 13.2. The molecule has 114 valence electrons. The highest BCUT2D eigenvalue weighted by molar-refractivity contribution is 7.54. The van der Waals surface area contributed by atoms with Crippen LogP contribution in [0.15, 0.2) is 30.5 Å². The molecular formula is C15H20NO4P. The van der Waals surface area contributed by atoms with E-state index in [1.54, 1.807) is 20.0 Å². The van der Waals surface area contributed by atoms with Crippen molar-refractivity contribution in [2.24, 2.45) is 0 Å². The van der Waals surface area contributed by atoms with Gasteiger partial charge >= 0.3 is 7.60 Å². The second-order valence-electron chi connectivity index (χ2n) is 4.62. The molecule has 5 nitrogen and oxygen atoms in total. The number of hydrogen-bond donors (Lipinski definition) is 0. The van der Waals surface area contributed by atoms with Crippen molar-refractivity contribution in [1.29, 1.82) is 0 Å². The van der Waals surface area contributed by atoms with Crippen molar-refractivity contribution >= 4 is 19.6 Å². The fourth-order valence-corrected chi connectivity index (χ4v) is 4.62. The molecular weight excluding hydrogens is 289 g/mol. The zero-order valence-electron chi connectivity index (χ0n) is 12.5. The van der Waals surface area contributed by atoms with E-state index in [0.717, 1.165) is 11.1 Å². The van der Waals surface area contributed by atoms with E-state index in [1.807, 2.05) is 30.3 Å². The molecule has 1 aromatic rings. The number of rotatable bonds is 5. The summed E-state index contributed by atoms with van der Waals surface area (Å²) in [7, 11) is -3.48. The summed E-state index contributed by atoms with van der Waals surface area (Å²) in [5.41, 5.74) is 1.69. The Bertz CT molecular complexity index is 589. The molecule has 0 saturated heterocycles. The van der Waals surface area contributed by atoms with Gasteiger partial charge in [-0.3, -0.25) is 14.3 Å². The molecule has 0 aromatic heterocycles. The smallest absolute Gasteiger partial charge is 0.307 e. The lowest BCUT2D eigenvalue weighted by Crippen LogP contribution is -2.31. The Kier molecular flexibility index (Phi) is 4.99. The predicted octanol–water partition coefficient (Wildman–Crippen LogP) is 3.78. The Balaban J connectivity index is 2.56. The molecule has 1 unspecified atom stereocenters. The normalized spacial score (nSPS) is 17.7. The first-order chi connectivity index (χ1) is 10.0. The minimum Gasteiger partial charge on any atom is -0.307 e. The molecule has 1 amide bonds. The number of hydrogen-bond acceptors (Lipinski definition) is 4. The highest BCUT2D eigenvalue weighted by atomic mass is 31.2. The third kappa shape index (κ3) is 3.10. The van der Waals surface area contributed by atoms with Crippen LogP contribution in [0.1, 0.15) is 37.7 Å². The van der Waals surface area contributed by atoms with Gasteiger partial charge in [-0.25, -0.2) is 0 Å². The topological polar surface area (TPSA) is 55.8 Å². The highest BCUT2D eigenvalue weighted by Crippen LogP contribution is 2.63. The Morgan fingerprint density at radius 1 is 1.24 bits per heavy atom. The second-order valence-corrected chi connectivity index (χ2v) is 6.71. The van der Waals surface area contributed by atoms with Crippen LogP contribution >= 0.6 is 7.60 Å². The molecule has 0 N–H and O–H groups in total. The third-order valence-electron chi connectivity index (χ3n) is 3.23. The largest absolute Gasteiger partial charge is 0.357 e. The summed E-state index contributed by atoms with van der Waals surface area (Å²) in [6.07, 6.45) is 3.47. The molecule has 0 saturated carbocycles. The zero-order chi connectivity index (χ0) is 15.5. The molecule has 0 fully saturated rings. The summed E-state index contributed by atoms with van der Waals surface area (Å²) < 4.78 is 24.1. The number of carbonyl (C=O) groups excluding carboxylic acids is 1. The zero-order valence-corrected chi connectivity index (χ0v) is 13.4. The Morgan fingerprint density at radius 2 is 1.86 bits per heavy atom. The third-order valence-corrected chi connectivity index (χ3v) is 5.60. The summed E-state index contributed by atoms with van der Waals surface area (Å²) in [6.45, 7) is 5.47. The minimum atomic E-state index is -3.48. The van der Waals surface area contributed by atoms with E-state index < -0.39 is 13.4 Å². The van der Waals surface area contributed by atoms with Crippen LogP contribution in [0.2, 0.25) is 0 Å². The number of nitrogens with zero attached hydrogens (tertiary/aromatic N) is 1. The van der Waals surface area contributed by atoms with Gasteiger partial charge in [0.25, 0.3) is 0 Å². The van der Waals surface area contributed by atoms with Crippen molar-refractivity contribution in [3.63, 3.8) is 0 Å². The summed E-state index contributed by atoms with van der Waals surface area (Å²) in [5.74, 6) is -0.943. The van der Waals surface area contributed by atoms with Gasteiger partial charge < -0.3 is 9.05 Å². The first-order valence-electron chi connectivity index (χ1n) is 6.98. The average Bonchev–Trinajstić information content (AvgIpc) is 2.46. The lowest BCUT2D eigenvalue weighted by molar-refractivity contribution is -0.127. The van der Waals surface area contributed by atoms with Gasteiger partial charge in [-0.05, 0) is 31.1 Å². The molecule has 6 heteroatoms. The van der Waals surface area contributed by atoms with Gasteiger partial charge in [-0.2, -0.15) is 0 Å². The Morgan fingerprint density at radius 3 is 2.43 bits per heavy atom. The highest BCUT2D eigenvalue weighted by Gasteiger charge is 2.43. The molecule has 0 aliphatic carbocycles. The summed E-state index contributed by atoms with van der Waals surface area (Å²) >= 11 is 0. The second kappa shape index (κ2) is 6.56. The van der Waals surface area contributed by atoms with Crippen LogP contribution in [-0.2, 0) is 18.4 Å². The van der Waals surface area contributed by atoms with Gasteiger partial charge in [0.2, 0.25) is 5.91 Å². The van der Waals surface area contributed by atoms with Crippen molar-refractivity contribution in [2.45, 2.75) is 26.6 Å². The number of amides is 1. The summed E-state index contributed by atoms with van der Waals surface area (Å²) in [4.78, 5) is 13.3. The molecule has 2 rings (SSSR count). The standard InChI is InChI=1S/C15H20NO4P/c1-4-19-21(18,20-5-2)15-14-9-7-6-8-13(14)10-11-16(15)12(3)17/h6-11,15H,4-5H2,1-3H3. The lowest BCUT2D eigenvalue weighted by atomic mass is 10.0. The van der Waals surface area contributed by atoms with Crippen LogP contribution in [0.5, 0.6) is 0 Å². The van der Waals surface area contributed by atoms with Crippen molar-refractivity contribution in [1.82, 2.24) is 4.90 Å². The molecule has 0 spiro atoms. The molecule has 1 heterocycles.